The Balaban J connectivity index is 0.000000309. The molecule has 6 aromatic rings. The minimum Gasteiger partial charge on any atom is -0.512 e. The fourth-order valence-corrected chi connectivity index (χ4v) is 8.86. The Hall–Kier alpha value is -3.15. The largest absolute Gasteiger partial charge is 0.512 e. The van der Waals surface area contributed by atoms with Crippen LogP contribution in [-0.4, -0.2) is 15.9 Å². The van der Waals surface area contributed by atoms with Gasteiger partial charge in [0.15, 0.2) is 5.78 Å². The number of fused-ring (bicyclic) bond motifs is 3. The second kappa shape index (κ2) is 17.8. The molecule has 0 spiro atoms. The third-order valence-corrected chi connectivity index (χ3v) is 13.3. The molecule has 3 aromatic heterocycles. The van der Waals surface area contributed by atoms with Gasteiger partial charge in [0.1, 0.15) is 10.6 Å². The minimum absolute atomic E-state index is 0. The molecular formula is C48H58IrNO2S2-. The summed E-state index contributed by atoms with van der Waals surface area (Å²) in [6.07, 6.45) is 5.89. The molecule has 3 aromatic carbocycles. The Kier molecular flexibility index (Phi) is 14.3. The van der Waals surface area contributed by atoms with E-state index in [-0.39, 0.29) is 47.9 Å². The van der Waals surface area contributed by atoms with Gasteiger partial charge in [0.2, 0.25) is 0 Å². The normalized spacial score (nSPS) is 12.6. The van der Waals surface area contributed by atoms with Gasteiger partial charge >= 0.3 is 0 Å². The molecule has 0 aliphatic rings. The first-order valence-corrected chi connectivity index (χ1v) is 21.1. The van der Waals surface area contributed by atoms with Crippen LogP contribution in [0.5, 0.6) is 0 Å². The summed E-state index contributed by atoms with van der Waals surface area (Å²) in [5, 5.41) is 17.3. The van der Waals surface area contributed by atoms with Crippen LogP contribution in [0.25, 0.3) is 53.5 Å². The van der Waals surface area contributed by atoms with Gasteiger partial charge in [-0.15, -0.1) is 51.8 Å². The molecule has 0 saturated carbocycles. The summed E-state index contributed by atoms with van der Waals surface area (Å²) in [6, 6.07) is 28.3. The number of thiophene rings is 2. The molecule has 54 heavy (non-hydrogen) atoms. The van der Waals surface area contributed by atoms with E-state index in [1.165, 1.54) is 48.5 Å². The zero-order valence-electron chi connectivity index (χ0n) is 34.1. The molecule has 0 saturated heterocycles. The van der Waals surface area contributed by atoms with E-state index in [0.29, 0.717) is 5.92 Å². The number of aliphatic hydroxyl groups excluding tert-OH is 1. The summed E-state index contributed by atoms with van der Waals surface area (Å²) >= 11 is 3.64. The molecule has 6 heteroatoms. The van der Waals surface area contributed by atoms with Crippen LogP contribution in [-0.2, 0) is 36.7 Å². The maximum atomic E-state index is 12.2. The number of carbonyl (C=O) groups excluding carboxylic acids is 1. The van der Waals surface area contributed by atoms with Crippen LogP contribution >= 0.6 is 22.7 Å². The van der Waals surface area contributed by atoms with Crippen LogP contribution in [0, 0.1) is 22.8 Å². The van der Waals surface area contributed by atoms with Gasteiger partial charge in [0.25, 0.3) is 0 Å². The van der Waals surface area contributed by atoms with Gasteiger partial charge in [-0.1, -0.05) is 124 Å². The first-order valence-electron chi connectivity index (χ1n) is 19.4. The van der Waals surface area contributed by atoms with Crippen molar-refractivity contribution in [1.82, 2.24) is 4.98 Å². The van der Waals surface area contributed by atoms with Crippen molar-refractivity contribution in [1.29, 1.82) is 0 Å². The predicted molar refractivity (Wildman–Crippen MR) is 233 cm³/mol. The van der Waals surface area contributed by atoms with E-state index < -0.39 is 0 Å². The topological polar surface area (TPSA) is 50.2 Å². The van der Waals surface area contributed by atoms with Crippen molar-refractivity contribution in [2.24, 2.45) is 16.7 Å². The van der Waals surface area contributed by atoms with Crippen molar-refractivity contribution >= 4 is 59.5 Å². The third kappa shape index (κ3) is 9.44. The fourth-order valence-electron chi connectivity index (χ4n) is 6.75. The average molecular weight is 937 g/mol. The second-order valence-electron chi connectivity index (χ2n) is 16.6. The molecule has 6 rings (SSSR count). The van der Waals surface area contributed by atoms with E-state index in [1.54, 1.807) is 11.3 Å². The van der Waals surface area contributed by atoms with Crippen LogP contribution in [0.15, 0.2) is 83.9 Å². The van der Waals surface area contributed by atoms with Crippen molar-refractivity contribution < 1.29 is 30.0 Å². The molecule has 0 amide bonds. The molecule has 3 heterocycles. The van der Waals surface area contributed by atoms with Crippen molar-refractivity contribution in [3.8, 4) is 22.4 Å². The van der Waals surface area contributed by atoms with Crippen molar-refractivity contribution in [3.63, 3.8) is 0 Å². The maximum absolute atomic E-state index is 12.2. The minimum atomic E-state index is -0.337. The van der Waals surface area contributed by atoms with Crippen molar-refractivity contribution in [2.45, 2.75) is 114 Å². The number of aliphatic hydroxyl groups is 1. The smallest absolute Gasteiger partial charge is 0.164 e. The summed E-state index contributed by atoms with van der Waals surface area (Å²) < 4.78 is 1.36. The van der Waals surface area contributed by atoms with E-state index >= 15 is 0 Å². The molecule has 0 aliphatic heterocycles. The predicted octanol–water partition coefficient (Wildman–Crippen LogP) is 14.9. The molecule has 1 N–H and O–H groups in total. The summed E-state index contributed by atoms with van der Waals surface area (Å²) in [5.41, 5.74) is 5.31. The number of rotatable bonds is 11. The van der Waals surface area contributed by atoms with Gasteiger partial charge in [-0.3, -0.25) is 9.78 Å². The first-order chi connectivity index (χ1) is 25.0. The SMILES string of the molecule is CC(C)Cc1cc2ccc(-c3cc(-c4[c-]c5ccccc5c(C(C)(C)C)c4)nc4sccc34)cc2s1.CCC(C)(CC)C(=O)/C=C(\O)C(C)(CC)CC.[Ir]. The standard InChI is InChI=1S/C33H30NS2.C15H28O2.Ir/c1-20(2)14-25-16-23-11-10-22(18-31(23)36-25)28-19-30(34-32-27(28)12-13-35-32)24-15-21-8-6-7-9-26(21)29(17-24)33(3,4)5;1-7-14(5,8-2)12(16)11-13(17)15(6,9-3)10-4;/h6-13,16-20H,14H2,1-5H3;11,16H,7-10H2,1-6H3;/q-1;;/b;12-11-;. The average Bonchev–Trinajstić information content (AvgIpc) is 3.79. The molecule has 1 radical (unpaired) electrons. The van der Waals surface area contributed by atoms with E-state index in [2.05, 4.69) is 113 Å². The van der Waals surface area contributed by atoms with Crippen LogP contribution < -0.4 is 0 Å². The first kappa shape index (κ1) is 43.6. The van der Waals surface area contributed by atoms with Gasteiger partial charge in [0.05, 0.1) is 0 Å². The van der Waals surface area contributed by atoms with Crippen molar-refractivity contribution in [2.75, 3.05) is 0 Å². The Morgan fingerprint density at radius 1 is 0.852 bits per heavy atom. The quantitative estimate of drug-likeness (QED) is 0.0800. The summed E-state index contributed by atoms with van der Waals surface area (Å²) in [5.74, 6) is 0.954. The monoisotopic (exact) mass is 937 g/mol. The van der Waals surface area contributed by atoms with E-state index in [9.17, 15) is 9.90 Å². The number of nitrogens with zero attached hydrogens (tertiary/aromatic N) is 1. The van der Waals surface area contributed by atoms with Crippen LogP contribution in [0.3, 0.4) is 0 Å². The Morgan fingerprint density at radius 2 is 1.52 bits per heavy atom. The summed E-state index contributed by atoms with van der Waals surface area (Å²) in [7, 11) is 0. The number of ketones is 1. The second-order valence-corrected chi connectivity index (χ2v) is 18.6. The van der Waals surface area contributed by atoms with E-state index in [4.69, 9.17) is 4.98 Å². The van der Waals surface area contributed by atoms with Gasteiger partial charge in [-0.05, 0) is 83.5 Å². The van der Waals surface area contributed by atoms with E-state index in [0.717, 1.165) is 53.6 Å². The zero-order valence-corrected chi connectivity index (χ0v) is 38.1. The Labute approximate surface area is 345 Å². The maximum Gasteiger partial charge on any atom is 0.164 e. The number of aromatic nitrogens is 1. The number of allylic oxidation sites excluding steroid dienone is 2. The molecule has 0 fully saturated rings. The van der Waals surface area contributed by atoms with Crippen molar-refractivity contribution in [3.05, 3.63) is 100 Å². The summed E-state index contributed by atoms with van der Waals surface area (Å²) in [4.78, 5) is 19.8. The molecule has 0 aliphatic carbocycles. The Morgan fingerprint density at radius 3 is 2.15 bits per heavy atom. The van der Waals surface area contributed by atoms with Gasteiger partial charge in [-0.2, -0.15) is 0 Å². The number of benzene rings is 3. The molecular weight excluding hydrogens is 879 g/mol. The number of carbonyl (C=O) groups is 1. The van der Waals surface area contributed by atoms with Gasteiger partial charge in [-0.25, -0.2) is 0 Å². The number of hydrogen-bond donors (Lipinski definition) is 1. The summed E-state index contributed by atoms with van der Waals surface area (Å²) in [6.45, 7) is 23.5. The van der Waals surface area contributed by atoms with Crippen LogP contribution in [0.2, 0.25) is 0 Å². The van der Waals surface area contributed by atoms with Crippen LogP contribution in [0.4, 0.5) is 0 Å². The molecule has 289 valence electrons. The zero-order chi connectivity index (χ0) is 38.7. The number of hydrogen-bond acceptors (Lipinski definition) is 5. The fraction of sp³-hybridized carbons (Fsp3) is 0.417. The van der Waals surface area contributed by atoms with Gasteiger partial charge < -0.3 is 5.11 Å². The molecule has 0 bridgehead atoms. The molecule has 0 atom stereocenters. The number of pyridine rings is 1. The van der Waals surface area contributed by atoms with E-state index in [1.807, 2.05) is 52.9 Å². The Bertz CT molecular complexity index is 2240. The third-order valence-electron chi connectivity index (χ3n) is 11.4. The van der Waals surface area contributed by atoms with Gasteiger partial charge in [0, 0.05) is 57.7 Å². The molecule has 3 nitrogen and oxygen atoms in total. The molecule has 0 unspecified atom stereocenters. The van der Waals surface area contributed by atoms with Crippen LogP contribution in [0.1, 0.15) is 112 Å².